The molecule has 2 heterocycles. The highest BCUT2D eigenvalue weighted by Gasteiger charge is 2.09. The van der Waals surface area contributed by atoms with Gasteiger partial charge in [-0.1, -0.05) is 24.3 Å². The van der Waals surface area contributed by atoms with Gasteiger partial charge in [0.25, 0.3) is 0 Å². The summed E-state index contributed by atoms with van der Waals surface area (Å²) in [6, 6.07) is 8.88. The van der Waals surface area contributed by atoms with E-state index >= 15 is 0 Å². The van der Waals surface area contributed by atoms with Gasteiger partial charge in [-0.2, -0.15) is 0 Å². The minimum Gasteiger partial charge on any atom is -0.315 e. The summed E-state index contributed by atoms with van der Waals surface area (Å²) in [5.41, 5.74) is 3.72. The van der Waals surface area contributed by atoms with Crippen molar-refractivity contribution in [2.45, 2.75) is 19.9 Å². The molecule has 1 aromatic carbocycles. The highest BCUT2D eigenvalue weighted by molar-refractivity contribution is 7.13. The van der Waals surface area contributed by atoms with E-state index in [0.29, 0.717) is 0 Å². The highest BCUT2D eigenvalue weighted by Crippen LogP contribution is 2.24. The van der Waals surface area contributed by atoms with Crippen molar-refractivity contribution in [3.8, 4) is 10.6 Å². The van der Waals surface area contributed by atoms with E-state index in [1.165, 1.54) is 24.1 Å². The van der Waals surface area contributed by atoms with E-state index in [-0.39, 0.29) is 0 Å². The third kappa shape index (κ3) is 3.45. The molecule has 1 aliphatic rings. The number of hydrogen-bond acceptors (Lipinski definition) is 4. The first kappa shape index (κ1) is 13.7. The molecule has 1 fully saturated rings. The fourth-order valence-corrected chi connectivity index (χ4v) is 3.36. The first-order valence-electron chi connectivity index (χ1n) is 7.26. The Labute approximate surface area is 124 Å². The van der Waals surface area contributed by atoms with Gasteiger partial charge >= 0.3 is 0 Å². The normalized spacial score (nSPS) is 17.1. The van der Waals surface area contributed by atoms with Crippen molar-refractivity contribution >= 4 is 11.3 Å². The maximum absolute atomic E-state index is 4.54. The summed E-state index contributed by atoms with van der Waals surface area (Å²) in [6.07, 6.45) is 1.25. The van der Waals surface area contributed by atoms with E-state index in [1.54, 1.807) is 11.3 Å². The van der Waals surface area contributed by atoms with Crippen molar-refractivity contribution < 1.29 is 0 Å². The first-order valence-corrected chi connectivity index (χ1v) is 8.14. The Morgan fingerprint density at radius 1 is 1.20 bits per heavy atom. The van der Waals surface area contributed by atoms with Crippen molar-refractivity contribution in [3.05, 3.63) is 40.9 Å². The minimum atomic E-state index is 1.05. The molecule has 0 atom stereocenters. The summed E-state index contributed by atoms with van der Waals surface area (Å²) in [5, 5.41) is 6.67. The molecular formula is C16H21N3S. The molecule has 1 N–H and O–H groups in total. The van der Waals surface area contributed by atoms with Gasteiger partial charge in [-0.3, -0.25) is 4.90 Å². The van der Waals surface area contributed by atoms with Crippen LogP contribution in [-0.2, 0) is 6.54 Å². The van der Waals surface area contributed by atoms with Crippen LogP contribution in [0.25, 0.3) is 10.6 Å². The lowest BCUT2D eigenvalue weighted by molar-refractivity contribution is 0.284. The van der Waals surface area contributed by atoms with Crippen molar-refractivity contribution in [2.24, 2.45) is 0 Å². The summed E-state index contributed by atoms with van der Waals surface area (Å²) in [5.74, 6) is 0. The molecule has 1 aliphatic heterocycles. The molecule has 0 aliphatic carbocycles. The van der Waals surface area contributed by atoms with E-state index in [1.807, 2.05) is 6.92 Å². The second-order valence-corrected chi connectivity index (χ2v) is 6.23. The molecule has 3 nitrogen and oxygen atoms in total. The molecular weight excluding hydrogens is 266 g/mol. The third-order valence-electron chi connectivity index (χ3n) is 3.66. The number of nitrogens with zero attached hydrogens (tertiary/aromatic N) is 2. The summed E-state index contributed by atoms with van der Waals surface area (Å²) in [7, 11) is 0. The van der Waals surface area contributed by atoms with Gasteiger partial charge in [0.2, 0.25) is 0 Å². The van der Waals surface area contributed by atoms with Crippen LogP contribution in [0.5, 0.6) is 0 Å². The zero-order chi connectivity index (χ0) is 13.8. The largest absolute Gasteiger partial charge is 0.315 e. The lowest BCUT2D eigenvalue weighted by Gasteiger charge is -2.19. The SMILES string of the molecule is Cc1csc(-c2ccc(CN3CCCNCC3)cc2)n1. The van der Waals surface area contributed by atoms with Crippen LogP contribution in [0.3, 0.4) is 0 Å². The summed E-state index contributed by atoms with van der Waals surface area (Å²) < 4.78 is 0. The molecule has 0 unspecified atom stereocenters. The average Bonchev–Trinajstić information content (AvgIpc) is 2.73. The quantitative estimate of drug-likeness (QED) is 0.941. The van der Waals surface area contributed by atoms with Gasteiger partial charge in [-0.15, -0.1) is 11.3 Å². The molecule has 0 saturated carbocycles. The molecule has 1 aromatic heterocycles. The van der Waals surface area contributed by atoms with E-state index in [9.17, 15) is 0 Å². The number of thiazole rings is 1. The van der Waals surface area contributed by atoms with Crippen LogP contribution < -0.4 is 5.32 Å². The summed E-state index contributed by atoms with van der Waals surface area (Å²) in [6.45, 7) is 7.70. The van der Waals surface area contributed by atoms with Crippen molar-refractivity contribution in [1.29, 1.82) is 0 Å². The standard InChI is InChI=1S/C16H21N3S/c1-13-12-20-16(18-13)15-5-3-14(4-6-15)11-19-9-2-7-17-8-10-19/h3-6,12,17H,2,7-11H2,1H3. The maximum atomic E-state index is 4.54. The van der Waals surface area contributed by atoms with Crippen LogP contribution in [-0.4, -0.2) is 36.1 Å². The Kier molecular flexibility index (Phi) is 4.45. The van der Waals surface area contributed by atoms with Crippen LogP contribution in [0.15, 0.2) is 29.6 Å². The van der Waals surface area contributed by atoms with Crippen LogP contribution >= 0.6 is 11.3 Å². The van der Waals surface area contributed by atoms with Crippen molar-refractivity contribution in [2.75, 3.05) is 26.2 Å². The molecule has 0 spiro atoms. The van der Waals surface area contributed by atoms with Crippen LogP contribution in [0.1, 0.15) is 17.7 Å². The van der Waals surface area contributed by atoms with E-state index in [2.05, 4.69) is 44.8 Å². The zero-order valence-corrected chi connectivity index (χ0v) is 12.7. The Hall–Kier alpha value is -1.23. The molecule has 2 aromatic rings. The van der Waals surface area contributed by atoms with Crippen LogP contribution in [0.2, 0.25) is 0 Å². The fourth-order valence-electron chi connectivity index (χ4n) is 2.56. The van der Waals surface area contributed by atoms with Gasteiger partial charge in [0.05, 0.1) is 0 Å². The predicted molar refractivity (Wildman–Crippen MR) is 85.1 cm³/mol. The molecule has 0 amide bonds. The average molecular weight is 287 g/mol. The van der Waals surface area contributed by atoms with E-state index < -0.39 is 0 Å². The van der Waals surface area contributed by atoms with Gasteiger partial charge in [0, 0.05) is 36.3 Å². The number of nitrogens with one attached hydrogen (secondary N) is 1. The van der Waals surface area contributed by atoms with Crippen LogP contribution in [0.4, 0.5) is 0 Å². The molecule has 1 saturated heterocycles. The monoisotopic (exact) mass is 287 g/mol. The van der Waals surface area contributed by atoms with Gasteiger partial charge in [0.1, 0.15) is 5.01 Å². The topological polar surface area (TPSA) is 28.2 Å². The molecule has 20 heavy (non-hydrogen) atoms. The first-order chi connectivity index (χ1) is 9.81. The maximum Gasteiger partial charge on any atom is 0.123 e. The molecule has 0 radical (unpaired) electrons. The molecule has 106 valence electrons. The number of benzene rings is 1. The van der Waals surface area contributed by atoms with Gasteiger partial charge in [0.15, 0.2) is 0 Å². The Balaban J connectivity index is 1.66. The molecule has 3 rings (SSSR count). The number of aryl methyl sites for hydroxylation is 1. The Bertz CT molecular complexity index is 539. The number of aromatic nitrogens is 1. The molecule has 4 heteroatoms. The van der Waals surface area contributed by atoms with E-state index in [0.717, 1.165) is 36.9 Å². The smallest absolute Gasteiger partial charge is 0.123 e. The highest BCUT2D eigenvalue weighted by atomic mass is 32.1. The van der Waals surface area contributed by atoms with Crippen molar-refractivity contribution in [3.63, 3.8) is 0 Å². The van der Waals surface area contributed by atoms with Gasteiger partial charge in [-0.25, -0.2) is 4.98 Å². The third-order valence-corrected chi connectivity index (χ3v) is 4.67. The fraction of sp³-hybridized carbons (Fsp3) is 0.438. The van der Waals surface area contributed by atoms with Gasteiger partial charge in [-0.05, 0) is 32.0 Å². The zero-order valence-electron chi connectivity index (χ0n) is 11.9. The number of rotatable bonds is 3. The molecule has 0 bridgehead atoms. The predicted octanol–water partition coefficient (Wildman–Crippen LogP) is 2.91. The summed E-state index contributed by atoms with van der Waals surface area (Å²) >= 11 is 1.72. The lowest BCUT2D eigenvalue weighted by atomic mass is 10.1. The van der Waals surface area contributed by atoms with E-state index in [4.69, 9.17) is 0 Å². The Morgan fingerprint density at radius 2 is 2.05 bits per heavy atom. The summed E-state index contributed by atoms with van der Waals surface area (Å²) in [4.78, 5) is 7.07. The van der Waals surface area contributed by atoms with Gasteiger partial charge < -0.3 is 5.32 Å². The van der Waals surface area contributed by atoms with Crippen LogP contribution in [0, 0.1) is 6.92 Å². The minimum absolute atomic E-state index is 1.05. The Morgan fingerprint density at radius 3 is 2.80 bits per heavy atom. The van der Waals surface area contributed by atoms with Crippen molar-refractivity contribution in [1.82, 2.24) is 15.2 Å². The lowest BCUT2D eigenvalue weighted by Crippen LogP contribution is -2.27. The second-order valence-electron chi connectivity index (χ2n) is 5.37. The number of hydrogen-bond donors (Lipinski definition) is 1. The second kappa shape index (κ2) is 6.48.